The number of fused-ring (bicyclic) bond motifs is 3. The molecular weight excluding hydrogens is 747 g/mol. The summed E-state index contributed by atoms with van der Waals surface area (Å²) in [6.07, 6.45) is 0.794. The maximum Gasteiger partial charge on any atom is 0.410 e. The number of hydrogen-bond donors (Lipinski definition) is 3. The molecule has 0 unspecified atom stereocenters. The average molecular weight is 798 g/mol. The number of nitrogens with one attached hydrogen (secondary N) is 3. The monoisotopic (exact) mass is 797 g/mol. The summed E-state index contributed by atoms with van der Waals surface area (Å²) in [4.78, 5) is 58.4. The lowest BCUT2D eigenvalue weighted by atomic mass is 9.93. The molecule has 4 aromatic rings. The summed E-state index contributed by atoms with van der Waals surface area (Å²) < 4.78 is 22.2. The van der Waals surface area contributed by atoms with Crippen molar-refractivity contribution in [3.8, 4) is 11.1 Å². The average Bonchev–Trinajstić information content (AvgIpc) is 3.72. The van der Waals surface area contributed by atoms with Crippen molar-refractivity contribution >= 4 is 46.2 Å². The fourth-order valence-electron chi connectivity index (χ4n) is 7.03. The van der Waals surface area contributed by atoms with Gasteiger partial charge in [-0.15, -0.1) is 11.3 Å². The molecular formula is C43H51N5O8S. The molecule has 1 aromatic heterocycles. The number of alkyl carbamates (subject to hydrolysis) is 1. The minimum absolute atomic E-state index is 0.00360. The van der Waals surface area contributed by atoms with Crippen LogP contribution in [-0.2, 0) is 23.7 Å². The van der Waals surface area contributed by atoms with Crippen LogP contribution < -0.4 is 16.0 Å². The molecule has 0 bridgehead atoms. The molecule has 6 rings (SSSR count). The van der Waals surface area contributed by atoms with Gasteiger partial charge in [0.1, 0.15) is 12.2 Å². The van der Waals surface area contributed by atoms with Crippen LogP contribution in [0.2, 0.25) is 0 Å². The van der Waals surface area contributed by atoms with Crippen molar-refractivity contribution in [3.05, 3.63) is 100 Å². The van der Waals surface area contributed by atoms with Gasteiger partial charge < -0.3 is 34.5 Å². The minimum Gasteiger partial charge on any atom is -0.449 e. The van der Waals surface area contributed by atoms with Crippen LogP contribution in [0.15, 0.2) is 72.8 Å². The highest BCUT2D eigenvalue weighted by atomic mass is 32.1. The Hall–Kier alpha value is -5.31. The number of hydrogen-bond acceptors (Lipinski definition) is 10. The van der Waals surface area contributed by atoms with Gasteiger partial charge in [0.2, 0.25) is 5.91 Å². The van der Waals surface area contributed by atoms with Crippen LogP contribution in [0.4, 0.5) is 20.4 Å². The smallest absolute Gasteiger partial charge is 0.410 e. The Morgan fingerprint density at radius 2 is 1.46 bits per heavy atom. The zero-order chi connectivity index (χ0) is 40.4. The highest BCUT2D eigenvalue weighted by molar-refractivity contribution is 7.15. The highest BCUT2D eigenvalue weighted by Crippen LogP contribution is 2.44. The number of ether oxygens (including phenoxy) is 4. The van der Waals surface area contributed by atoms with Crippen molar-refractivity contribution < 1.29 is 38.1 Å². The topological polar surface area (TPSA) is 157 Å². The van der Waals surface area contributed by atoms with Gasteiger partial charge >= 0.3 is 12.2 Å². The summed E-state index contributed by atoms with van der Waals surface area (Å²) in [5, 5.41) is 8.92. The van der Waals surface area contributed by atoms with Crippen molar-refractivity contribution in [1.29, 1.82) is 0 Å². The standard InChI is InChI=1S/C43H51N5O8S/c1-28-38(29-17-21-48(22-18-29)42(52)56-43(2,3)4)46-40(57-28)47-39(50)34-15-9-10-16-36(34)45-37(49)19-23-53-25-26-54-24-20-44-41(51)55-27-35-32-13-7-5-11-30(32)31-12-6-8-14-33(31)35/h5-16,29,35H,17-27H2,1-4H3,(H,44,51)(H,45,49)(H,46,47,50). The van der Waals surface area contributed by atoms with E-state index in [1.807, 2.05) is 52.0 Å². The van der Waals surface area contributed by atoms with Crippen molar-refractivity contribution in [1.82, 2.24) is 15.2 Å². The molecule has 3 aromatic carbocycles. The molecule has 14 heteroatoms. The molecule has 57 heavy (non-hydrogen) atoms. The van der Waals surface area contributed by atoms with E-state index in [-0.39, 0.29) is 69.1 Å². The first-order chi connectivity index (χ1) is 27.5. The lowest BCUT2D eigenvalue weighted by molar-refractivity contribution is -0.117. The molecule has 13 nitrogen and oxygen atoms in total. The lowest BCUT2D eigenvalue weighted by Gasteiger charge is -2.33. The quantitative estimate of drug-likeness (QED) is 0.103. The van der Waals surface area contributed by atoms with Gasteiger partial charge in [-0.25, -0.2) is 14.6 Å². The molecule has 1 fully saturated rings. The first kappa shape index (κ1) is 41.3. The van der Waals surface area contributed by atoms with Crippen LogP contribution in [0, 0.1) is 6.92 Å². The van der Waals surface area contributed by atoms with Gasteiger partial charge in [0.05, 0.1) is 49.8 Å². The van der Waals surface area contributed by atoms with E-state index in [0.29, 0.717) is 36.1 Å². The fourth-order valence-corrected chi connectivity index (χ4v) is 7.93. The number of rotatable bonds is 15. The molecule has 0 spiro atoms. The van der Waals surface area contributed by atoms with E-state index in [9.17, 15) is 19.2 Å². The van der Waals surface area contributed by atoms with Crippen molar-refractivity contribution in [2.75, 3.05) is 63.3 Å². The van der Waals surface area contributed by atoms with E-state index in [2.05, 4.69) is 40.2 Å². The Morgan fingerprint density at radius 3 is 2.14 bits per heavy atom. The number of amides is 4. The second-order valence-corrected chi connectivity index (χ2v) is 16.2. The van der Waals surface area contributed by atoms with Crippen molar-refractivity contribution in [2.45, 2.75) is 64.4 Å². The summed E-state index contributed by atoms with van der Waals surface area (Å²) in [5.74, 6) is -0.512. The predicted molar refractivity (Wildman–Crippen MR) is 219 cm³/mol. The second kappa shape index (κ2) is 19.2. The van der Waals surface area contributed by atoms with Gasteiger partial charge in [0.25, 0.3) is 5.91 Å². The van der Waals surface area contributed by atoms with Gasteiger partial charge in [0, 0.05) is 36.3 Å². The maximum absolute atomic E-state index is 13.3. The third-order valence-electron chi connectivity index (χ3n) is 9.74. The molecule has 3 N–H and O–H groups in total. The number of carbonyl (C=O) groups is 4. The summed E-state index contributed by atoms with van der Waals surface area (Å²) in [6.45, 7) is 10.3. The molecule has 1 aliphatic heterocycles. The molecule has 0 saturated carbocycles. The molecule has 2 heterocycles. The van der Waals surface area contributed by atoms with Gasteiger partial charge in [-0.05, 0) is 74.9 Å². The third kappa shape index (κ3) is 11.2. The van der Waals surface area contributed by atoms with Crippen LogP contribution in [0.1, 0.15) is 83.9 Å². The van der Waals surface area contributed by atoms with Crippen LogP contribution in [0.5, 0.6) is 0 Å². The fraction of sp³-hybridized carbons (Fsp3) is 0.419. The Morgan fingerprint density at radius 1 is 0.825 bits per heavy atom. The Balaban J connectivity index is 0.847. The summed E-state index contributed by atoms with van der Waals surface area (Å²) in [7, 11) is 0. The maximum atomic E-state index is 13.3. The normalized spacial score (nSPS) is 14.1. The molecule has 4 amide bonds. The number of carbonyl (C=O) groups excluding carboxylic acids is 4. The summed E-state index contributed by atoms with van der Waals surface area (Å²) in [5.41, 5.74) is 5.74. The van der Waals surface area contributed by atoms with Crippen LogP contribution >= 0.6 is 11.3 Å². The minimum atomic E-state index is -0.543. The zero-order valence-corrected chi connectivity index (χ0v) is 33.7. The largest absolute Gasteiger partial charge is 0.449 e. The van der Waals surface area contributed by atoms with Gasteiger partial charge in [0.15, 0.2) is 5.13 Å². The number of anilines is 2. The lowest BCUT2D eigenvalue weighted by Crippen LogP contribution is -2.41. The van der Waals surface area contributed by atoms with Gasteiger partial charge in [-0.3, -0.25) is 14.9 Å². The number of nitrogens with zero attached hydrogens (tertiary/aromatic N) is 2. The number of para-hydroxylation sites is 1. The number of aryl methyl sites for hydroxylation is 1. The number of aromatic nitrogens is 1. The highest BCUT2D eigenvalue weighted by Gasteiger charge is 2.31. The number of benzene rings is 3. The Labute approximate surface area is 337 Å². The molecule has 1 saturated heterocycles. The van der Waals surface area contributed by atoms with E-state index >= 15 is 0 Å². The molecule has 2 aliphatic rings. The summed E-state index contributed by atoms with van der Waals surface area (Å²) in [6, 6.07) is 23.2. The van der Waals surface area contributed by atoms with E-state index < -0.39 is 11.7 Å². The predicted octanol–water partition coefficient (Wildman–Crippen LogP) is 7.72. The van der Waals surface area contributed by atoms with Crippen molar-refractivity contribution in [3.63, 3.8) is 0 Å². The first-order valence-corrected chi connectivity index (χ1v) is 20.2. The number of thiazole rings is 1. The van der Waals surface area contributed by atoms with Crippen LogP contribution in [0.25, 0.3) is 11.1 Å². The molecule has 0 atom stereocenters. The first-order valence-electron chi connectivity index (χ1n) is 19.4. The Bertz CT molecular complexity index is 1990. The van der Waals surface area contributed by atoms with E-state index in [1.54, 1.807) is 29.2 Å². The van der Waals surface area contributed by atoms with Crippen molar-refractivity contribution in [2.24, 2.45) is 0 Å². The number of likely N-dealkylation sites (tertiary alicyclic amines) is 1. The van der Waals surface area contributed by atoms with Crippen LogP contribution in [-0.4, -0.2) is 92.2 Å². The third-order valence-corrected chi connectivity index (χ3v) is 10.6. The van der Waals surface area contributed by atoms with Gasteiger partial charge in [-0.1, -0.05) is 60.7 Å². The van der Waals surface area contributed by atoms with E-state index in [4.69, 9.17) is 23.9 Å². The second-order valence-electron chi connectivity index (χ2n) is 15.0. The SMILES string of the molecule is Cc1sc(NC(=O)c2ccccc2NC(=O)CCOCCOCCNC(=O)OCC2c3ccccc3-c3ccccc32)nc1C1CCN(C(=O)OC(C)(C)C)CC1. The van der Waals surface area contributed by atoms with E-state index in [1.165, 1.54) is 22.5 Å². The molecule has 0 radical (unpaired) electrons. The summed E-state index contributed by atoms with van der Waals surface area (Å²) >= 11 is 1.40. The van der Waals surface area contributed by atoms with Gasteiger partial charge in [-0.2, -0.15) is 0 Å². The van der Waals surface area contributed by atoms with E-state index in [0.717, 1.165) is 34.5 Å². The zero-order valence-electron chi connectivity index (χ0n) is 32.9. The van der Waals surface area contributed by atoms with Crippen LogP contribution in [0.3, 0.4) is 0 Å². The number of piperidine rings is 1. The molecule has 1 aliphatic carbocycles. The Kier molecular flexibility index (Phi) is 13.9. The molecule has 302 valence electrons.